The Morgan fingerprint density at radius 3 is 2.75 bits per heavy atom. The van der Waals surface area contributed by atoms with Crippen LogP contribution in [0, 0.1) is 0 Å². The average molecular weight is 215 g/mol. The normalized spacial score (nSPS) is 11.1. The van der Waals surface area contributed by atoms with Crippen molar-refractivity contribution in [2.45, 2.75) is 13.3 Å². The number of hydrogen-bond donors (Lipinski definition) is 1. The molecule has 3 heteroatoms. The summed E-state index contributed by atoms with van der Waals surface area (Å²) in [5, 5.41) is 2.38. The highest BCUT2D eigenvalue weighted by Gasteiger charge is 2.12. The van der Waals surface area contributed by atoms with Crippen molar-refractivity contribution in [1.82, 2.24) is 5.16 Å². The first kappa shape index (κ1) is 10.5. The van der Waals surface area contributed by atoms with E-state index in [1.54, 1.807) is 0 Å². The summed E-state index contributed by atoms with van der Waals surface area (Å²) in [6, 6.07) is 9.61. The molecule has 16 heavy (non-hydrogen) atoms. The molecule has 1 aromatic carbocycles. The van der Waals surface area contributed by atoms with Gasteiger partial charge in [-0.25, -0.2) is 0 Å². The fourth-order valence-corrected chi connectivity index (χ4v) is 1.57. The molecule has 0 bridgehead atoms. The van der Waals surface area contributed by atoms with Crippen molar-refractivity contribution in [2.24, 2.45) is 0 Å². The van der Waals surface area contributed by atoms with E-state index in [1.807, 2.05) is 49.4 Å². The first-order chi connectivity index (χ1) is 7.83. The number of rotatable bonds is 3. The van der Waals surface area contributed by atoms with Gasteiger partial charge in [0.2, 0.25) is 0 Å². The summed E-state index contributed by atoms with van der Waals surface area (Å²) < 4.78 is 5.21. The smallest absolute Gasteiger partial charge is 0.284 e. The Morgan fingerprint density at radius 2 is 2.06 bits per heavy atom. The van der Waals surface area contributed by atoms with Gasteiger partial charge in [-0.05, 0) is 13.3 Å². The van der Waals surface area contributed by atoms with E-state index in [0.717, 1.165) is 5.56 Å². The fraction of sp³-hybridized carbons (Fsp3) is 0.154. The molecule has 1 heterocycles. The molecule has 2 rings (SSSR count). The van der Waals surface area contributed by atoms with Crippen LogP contribution in [0.2, 0.25) is 0 Å². The zero-order chi connectivity index (χ0) is 11.4. The molecule has 0 atom stereocenters. The third-order valence-electron chi connectivity index (χ3n) is 2.39. The van der Waals surface area contributed by atoms with Crippen LogP contribution >= 0.6 is 0 Å². The van der Waals surface area contributed by atoms with Crippen molar-refractivity contribution in [3.05, 3.63) is 58.4 Å². The van der Waals surface area contributed by atoms with Gasteiger partial charge in [0.1, 0.15) is 0 Å². The van der Waals surface area contributed by atoms with Crippen molar-refractivity contribution in [1.29, 1.82) is 0 Å². The van der Waals surface area contributed by atoms with Crippen LogP contribution in [-0.4, -0.2) is 5.16 Å². The van der Waals surface area contributed by atoms with Gasteiger partial charge < -0.3 is 4.52 Å². The number of allylic oxidation sites excluding steroid dienone is 2. The Morgan fingerprint density at radius 1 is 1.31 bits per heavy atom. The van der Waals surface area contributed by atoms with E-state index >= 15 is 0 Å². The van der Waals surface area contributed by atoms with Gasteiger partial charge >= 0.3 is 0 Å². The minimum absolute atomic E-state index is 0.156. The minimum atomic E-state index is -0.156. The van der Waals surface area contributed by atoms with Crippen molar-refractivity contribution < 1.29 is 4.52 Å². The van der Waals surface area contributed by atoms with Gasteiger partial charge in [0.25, 0.3) is 5.56 Å². The molecule has 2 aromatic rings. The van der Waals surface area contributed by atoms with Gasteiger partial charge in [-0.2, -0.15) is 5.16 Å². The Kier molecular flexibility index (Phi) is 3.05. The van der Waals surface area contributed by atoms with E-state index in [4.69, 9.17) is 4.52 Å². The SMILES string of the molecule is C/C=C/Cc1c(-c2ccccc2)o[nH]c1=O. The Balaban J connectivity index is 2.46. The second-order valence-electron chi connectivity index (χ2n) is 3.48. The van der Waals surface area contributed by atoms with Gasteiger partial charge in [-0.1, -0.05) is 42.5 Å². The molecule has 0 radical (unpaired) electrons. The highest BCUT2D eigenvalue weighted by atomic mass is 16.5. The van der Waals surface area contributed by atoms with Crippen molar-refractivity contribution in [3.8, 4) is 11.3 Å². The number of hydrogen-bond acceptors (Lipinski definition) is 2. The lowest BCUT2D eigenvalue weighted by Crippen LogP contribution is -2.04. The maximum absolute atomic E-state index is 11.5. The number of aromatic amines is 1. The molecule has 82 valence electrons. The number of H-pyrrole nitrogens is 1. The van der Waals surface area contributed by atoms with E-state index in [-0.39, 0.29) is 5.56 Å². The third-order valence-corrected chi connectivity index (χ3v) is 2.39. The molecule has 0 saturated carbocycles. The lowest BCUT2D eigenvalue weighted by molar-refractivity contribution is 0.425. The molecule has 0 aliphatic heterocycles. The maximum Gasteiger partial charge on any atom is 0.284 e. The summed E-state index contributed by atoms with van der Waals surface area (Å²) in [6.07, 6.45) is 4.44. The van der Waals surface area contributed by atoms with Gasteiger partial charge in [-0.15, -0.1) is 0 Å². The zero-order valence-corrected chi connectivity index (χ0v) is 9.07. The molecule has 0 aliphatic carbocycles. The summed E-state index contributed by atoms with van der Waals surface area (Å²) in [5.41, 5.74) is 1.43. The van der Waals surface area contributed by atoms with Crippen molar-refractivity contribution in [3.63, 3.8) is 0 Å². The summed E-state index contributed by atoms with van der Waals surface area (Å²) in [7, 11) is 0. The molecule has 0 amide bonds. The first-order valence-electron chi connectivity index (χ1n) is 5.20. The predicted molar refractivity (Wildman–Crippen MR) is 63.3 cm³/mol. The summed E-state index contributed by atoms with van der Waals surface area (Å²) in [5.74, 6) is 0.628. The second kappa shape index (κ2) is 4.66. The van der Waals surface area contributed by atoms with Crippen LogP contribution in [0.25, 0.3) is 11.3 Å². The first-order valence-corrected chi connectivity index (χ1v) is 5.20. The fourth-order valence-electron chi connectivity index (χ4n) is 1.57. The highest BCUT2D eigenvalue weighted by Crippen LogP contribution is 2.21. The third kappa shape index (κ3) is 1.98. The monoisotopic (exact) mass is 215 g/mol. The quantitative estimate of drug-likeness (QED) is 0.800. The molecule has 0 aliphatic rings. The molecule has 3 nitrogen and oxygen atoms in total. The predicted octanol–water partition coefficient (Wildman–Crippen LogP) is 2.75. The van der Waals surface area contributed by atoms with E-state index in [0.29, 0.717) is 17.7 Å². The standard InChI is InChI=1S/C13H13NO2/c1-2-3-9-11-12(16-14-13(11)15)10-7-5-4-6-8-10/h2-8H,9H2,1H3,(H,14,15)/b3-2+. The van der Waals surface area contributed by atoms with Gasteiger partial charge in [-0.3, -0.25) is 4.79 Å². The van der Waals surface area contributed by atoms with Crippen LogP contribution in [0.1, 0.15) is 12.5 Å². The van der Waals surface area contributed by atoms with E-state index < -0.39 is 0 Å². The number of benzene rings is 1. The van der Waals surface area contributed by atoms with Crippen molar-refractivity contribution >= 4 is 0 Å². The molecule has 0 spiro atoms. The highest BCUT2D eigenvalue weighted by molar-refractivity contribution is 5.60. The molecular formula is C13H13NO2. The van der Waals surface area contributed by atoms with Gasteiger partial charge in [0.15, 0.2) is 5.76 Å². The largest absolute Gasteiger partial charge is 0.378 e. The summed E-state index contributed by atoms with van der Waals surface area (Å²) >= 11 is 0. The molecule has 1 N–H and O–H groups in total. The Labute approximate surface area is 93.4 Å². The molecule has 0 unspecified atom stereocenters. The van der Waals surface area contributed by atoms with Crippen molar-refractivity contribution in [2.75, 3.05) is 0 Å². The number of aromatic nitrogens is 1. The van der Waals surface area contributed by atoms with Gasteiger partial charge in [0.05, 0.1) is 5.56 Å². The summed E-state index contributed by atoms with van der Waals surface area (Å²) in [6.45, 7) is 1.93. The molecular weight excluding hydrogens is 202 g/mol. The minimum Gasteiger partial charge on any atom is -0.378 e. The van der Waals surface area contributed by atoms with Crippen LogP contribution in [0.3, 0.4) is 0 Å². The Bertz CT molecular complexity index is 535. The molecule has 0 fully saturated rings. The Hall–Kier alpha value is -2.03. The van der Waals surface area contributed by atoms with Crippen LogP contribution in [0.5, 0.6) is 0 Å². The zero-order valence-electron chi connectivity index (χ0n) is 9.07. The van der Waals surface area contributed by atoms with E-state index in [9.17, 15) is 4.79 Å². The van der Waals surface area contributed by atoms with E-state index in [1.165, 1.54) is 0 Å². The van der Waals surface area contributed by atoms with Crippen LogP contribution in [0.15, 0.2) is 51.8 Å². The van der Waals surface area contributed by atoms with E-state index in [2.05, 4.69) is 5.16 Å². The molecule has 0 saturated heterocycles. The second-order valence-corrected chi connectivity index (χ2v) is 3.48. The summed E-state index contributed by atoms with van der Waals surface area (Å²) in [4.78, 5) is 11.5. The lowest BCUT2D eigenvalue weighted by atomic mass is 10.1. The number of nitrogens with one attached hydrogen (secondary N) is 1. The van der Waals surface area contributed by atoms with Crippen LogP contribution in [0.4, 0.5) is 0 Å². The van der Waals surface area contributed by atoms with Gasteiger partial charge in [0, 0.05) is 5.56 Å². The van der Waals surface area contributed by atoms with Crippen LogP contribution in [-0.2, 0) is 6.42 Å². The maximum atomic E-state index is 11.5. The van der Waals surface area contributed by atoms with Crippen LogP contribution < -0.4 is 5.56 Å². The lowest BCUT2D eigenvalue weighted by Gasteiger charge is -1.97. The topological polar surface area (TPSA) is 46.0 Å². The molecule has 1 aromatic heterocycles. The average Bonchev–Trinajstić information content (AvgIpc) is 2.69.